The van der Waals surface area contributed by atoms with E-state index in [-0.39, 0.29) is 5.25 Å². The van der Waals surface area contributed by atoms with Gasteiger partial charge in [0.2, 0.25) is 0 Å². The predicted molar refractivity (Wildman–Crippen MR) is 90.0 cm³/mol. The van der Waals surface area contributed by atoms with E-state index in [0.29, 0.717) is 5.75 Å². The monoisotopic (exact) mass is 304 g/mol. The van der Waals surface area contributed by atoms with Gasteiger partial charge in [-0.1, -0.05) is 85.0 Å². The first-order valence-corrected chi connectivity index (χ1v) is 10.5. The van der Waals surface area contributed by atoms with Crippen LogP contribution in [0, 0.1) is 0 Å². The summed E-state index contributed by atoms with van der Waals surface area (Å²) in [5.41, 5.74) is 0. The molecule has 3 heteroatoms. The van der Waals surface area contributed by atoms with Gasteiger partial charge in [-0.25, -0.2) is 8.42 Å². The van der Waals surface area contributed by atoms with E-state index in [1.165, 1.54) is 51.4 Å². The maximum Gasteiger partial charge on any atom is 0.152 e. The van der Waals surface area contributed by atoms with Crippen LogP contribution in [0.5, 0.6) is 0 Å². The molecule has 122 valence electrons. The predicted octanol–water partition coefficient (Wildman–Crippen LogP) is 5.51. The van der Waals surface area contributed by atoms with Gasteiger partial charge in [0.15, 0.2) is 9.84 Å². The minimum atomic E-state index is -2.85. The molecule has 0 heterocycles. The van der Waals surface area contributed by atoms with Gasteiger partial charge in [-0.05, 0) is 12.8 Å². The van der Waals surface area contributed by atoms with E-state index in [4.69, 9.17) is 0 Å². The smallest absolute Gasteiger partial charge is 0.152 e. The lowest BCUT2D eigenvalue weighted by Crippen LogP contribution is -2.23. The van der Waals surface area contributed by atoms with Gasteiger partial charge in [0.1, 0.15) is 0 Å². The van der Waals surface area contributed by atoms with Crippen LogP contribution in [0.25, 0.3) is 0 Å². The van der Waals surface area contributed by atoms with Crippen LogP contribution in [0.1, 0.15) is 97.8 Å². The van der Waals surface area contributed by atoms with Crippen molar-refractivity contribution in [2.75, 3.05) is 5.75 Å². The van der Waals surface area contributed by atoms with Crippen molar-refractivity contribution in [2.24, 2.45) is 0 Å². The van der Waals surface area contributed by atoms with Crippen LogP contribution in [0.15, 0.2) is 0 Å². The molecule has 0 aliphatic rings. The van der Waals surface area contributed by atoms with Crippen molar-refractivity contribution in [1.29, 1.82) is 0 Å². The van der Waals surface area contributed by atoms with Gasteiger partial charge in [-0.2, -0.15) is 0 Å². The minimum absolute atomic E-state index is 0.0734. The summed E-state index contributed by atoms with van der Waals surface area (Å²) >= 11 is 0. The van der Waals surface area contributed by atoms with Crippen molar-refractivity contribution in [3.8, 4) is 0 Å². The second-order valence-electron chi connectivity index (χ2n) is 5.98. The number of hydrogen-bond acceptors (Lipinski definition) is 2. The lowest BCUT2D eigenvalue weighted by molar-refractivity contribution is 0.517. The van der Waals surface area contributed by atoms with E-state index in [1.807, 2.05) is 0 Å². The van der Waals surface area contributed by atoms with Crippen LogP contribution in [0.2, 0.25) is 0 Å². The van der Waals surface area contributed by atoms with E-state index < -0.39 is 9.84 Å². The molecule has 0 bridgehead atoms. The van der Waals surface area contributed by atoms with E-state index in [2.05, 4.69) is 13.8 Å². The Kier molecular flexibility index (Phi) is 12.6. The zero-order chi connectivity index (χ0) is 15.3. The molecule has 0 fully saturated rings. The molecule has 0 aromatic rings. The second-order valence-corrected chi connectivity index (χ2v) is 8.55. The van der Waals surface area contributed by atoms with Crippen LogP contribution < -0.4 is 0 Å². The quantitative estimate of drug-likeness (QED) is 0.396. The molecular weight excluding hydrogens is 268 g/mol. The fraction of sp³-hybridized carbons (Fsp3) is 1.00. The van der Waals surface area contributed by atoms with E-state index in [9.17, 15) is 8.42 Å². The SMILES string of the molecule is CCCCCCCC(CCCCCCC)S(=O)(=O)CC. The highest BCUT2D eigenvalue weighted by Crippen LogP contribution is 2.20. The third kappa shape index (κ3) is 9.79. The summed E-state index contributed by atoms with van der Waals surface area (Å²) < 4.78 is 24.3. The molecule has 0 unspecified atom stereocenters. The van der Waals surface area contributed by atoms with E-state index >= 15 is 0 Å². The molecule has 0 aliphatic heterocycles. The summed E-state index contributed by atoms with van der Waals surface area (Å²) in [5.74, 6) is 0.307. The molecule has 0 atom stereocenters. The summed E-state index contributed by atoms with van der Waals surface area (Å²) in [7, 11) is -2.85. The Balaban J connectivity index is 4.03. The van der Waals surface area contributed by atoms with E-state index in [1.54, 1.807) is 6.92 Å². The lowest BCUT2D eigenvalue weighted by Gasteiger charge is -2.16. The number of rotatable bonds is 14. The Morgan fingerprint density at radius 2 is 1.05 bits per heavy atom. The van der Waals surface area contributed by atoms with Crippen LogP contribution in [-0.4, -0.2) is 19.4 Å². The highest BCUT2D eigenvalue weighted by molar-refractivity contribution is 7.91. The van der Waals surface area contributed by atoms with Gasteiger partial charge in [-0.3, -0.25) is 0 Å². The molecule has 0 rings (SSSR count). The van der Waals surface area contributed by atoms with Crippen LogP contribution in [-0.2, 0) is 9.84 Å². The molecule has 20 heavy (non-hydrogen) atoms. The average Bonchev–Trinajstić information content (AvgIpc) is 2.44. The Morgan fingerprint density at radius 3 is 1.40 bits per heavy atom. The molecule has 0 aromatic heterocycles. The third-order valence-electron chi connectivity index (χ3n) is 4.17. The molecular formula is C17H36O2S. The molecule has 0 aromatic carbocycles. The summed E-state index contributed by atoms with van der Waals surface area (Å²) in [6.45, 7) is 6.21. The largest absolute Gasteiger partial charge is 0.229 e. The number of unbranched alkanes of at least 4 members (excludes halogenated alkanes) is 8. The maximum absolute atomic E-state index is 12.1. The Hall–Kier alpha value is -0.0500. The fourth-order valence-electron chi connectivity index (χ4n) is 2.69. The molecule has 0 radical (unpaired) electrons. The number of sulfone groups is 1. The van der Waals surface area contributed by atoms with Crippen molar-refractivity contribution in [2.45, 2.75) is 103 Å². The fourth-order valence-corrected chi connectivity index (χ4v) is 4.21. The Bertz CT molecular complexity index is 282. The zero-order valence-corrected chi connectivity index (χ0v) is 14.8. The minimum Gasteiger partial charge on any atom is -0.229 e. The molecule has 0 amide bonds. The summed E-state index contributed by atoms with van der Waals surface area (Å²) in [6.07, 6.45) is 13.9. The van der Waals surface area contributed by atoms with E-state index in [0.717, 1.165) is 25.7 Å². The normalized spacial score (nSPS) is 12.2. The average molecular weight is 305 g/mol. The van der Waals surface area contributed by atoms with Gasteiger partial charge in [-0.15, -0.1) is 0 Å². The van der Waals surface area contributed by atoms with Gasteiger partial charge in [0, 0.05) is 5.75 Å². The van der Waals surface area contributed by atoms with Crippen molar-refractivity contribution in [3.05, 3.63) is 0 Å². The molecule has 0 spiro atoms. The topological polar surface area (TPSA) is 34.1 Å². The standard InChI is InChI=1S/C17H36O2S/c1-4-7-9-11-13-15-17(20(18,19)6-3)16-14-12-10-8-5-2/h17H,4-16H2,1-3H3. The molecule has 0 N–H and O–H groups in total. The highest BCUT2D eigenvalue weighted by Gasteiger charge is 2.22. The first kappa shape index (κ1) is 19.9. The van der Waals surface area contributed by atoms with Gasteiger partial charge in [0.25, 0.3) is 0 Å². The Labute approximate surface area is 127 Å². The third-order valence-corrected chi connectivity index (χ3v) is 6.46. The van der Waals surface area contributed by atoms with Crippen molar-refractivity contribution in [1.82, 2.24) is 0 Å². The zero-order valence-electron chi connectivity index (χ0n) is 14.0. The van der Waals surface area contributed by atoms with Crippen LogP contribution in [0.3, 0.4) is 0 Å². The summed E-state index contributed by atoms with van der Waals surface area (Å²) in [6, 6.07) is 0. The summed E-state index contributed by atoms with van der Waals surface area (Å²) in [5, 5.41) is -0.0734. The Morgan fingerprint density at radius 1 is 0.650 bits per heavy atom. The molecule has 0 saturated heterocycles. The summed E-state index contributed by atoms with van der Waals surface area (Å²) in [4.78, 5) is 0. The van der Waals surface area contributed by atoms with Gasteiger partial charge in [0.05, 0.1) is 5.25 Å². The molecule has 0 aliphatic carbocycles. The van der Waals surface area contributed by atoms with Crippen molar-refractivity contribution < 1.29 is 8.42 Å². The molecule has 0 saturated carbocycles. The molecule has 2 nitrogen and oxygen atoms in total. The maximum atomic E-state index is 12.1. The van der Waals surface area contributed by atoms with Crippen molar-refractivity contribution >= 4 is 9.84 Å². The first-order chi connectivity index (χ1) is 9.58. The van der Waals surface area contributed by atoms with Gasteiger partial charge >= 0.3 is 0 Å². The highest BCUT2D eigenvalue weighted by atomic mass is 32.2. The van der Waals surface area contributed by atoms with Crippen LogP contribution in [0.4, 0.5) is 0 Å². The number of hydrogen-bond donors (Lipinski definition) is 0. The second kappa shape index (κ2) is 12.7. The van der Waals surface area contributed by atoms with Crippen molar-refractivity contribution in [3.63, 3.8) is 0 Å². The first-order valence-electron chi connectivity index (χ1n) is 8.80. The van der Waals surface area contributed by atoms with Crippen LogP contribution >= 0.6 is 0 Å². The van der Waals surface area contributed by atoms with Gasteiger partial charge < -0.3 is 0 Å². The lowest BCUT2D eigenvalue weighted by atomic mass is 10.0.